The molecule has 0 aliphatic heterocycles. The van der Waals surface area contributed by atoms with E-state index in [1.54, 1.807) is 0 Å². The zero-order chi connectivity index (χ0) is 10.8. The zero-order valence-electron chi connectivity index (χ0n) is 10.0. The second kappa shape index (κ2) is 4.54. The lowest BCUT2D eigenvalue weighted by Crippen LogP contribution is -2.43. The second-order valence-corrected chi connectivity index (χ2v) is 5.41. The lowest BCUT2D eigenvalue weighted by atomic mass is 9.88. The fraction of sp³-hybridized carbons (Fsp3) is 0.923. The number of amides is 1. The Labute approximate surface area is 93.0 Å². The summed E-state index contributed by atoms with van der Waals surface area (Å²) < 4.78 is 0. The summed E-state index contributed by atoms with van der Waals surface area (Å²) in [6, 6.07) is 0.978. The molecule has 0 aromatic rings. The molecule has 0 aromatic heterocycles. The maximum atomic E-state index is 12.3. The topological polar surface area (TPSA) is 20.3 Å². The fourth-order valence-electron chi connectivity index (χ4n) is 2.77. The highest BCUT2D eigenvalue weighted by molar-refractivity contribution is 5.79. The first-order valence-electron chi connectivity index (χ1n) is 6.52. The van der Waals surface area contributed by atoms with Gasteiger partial charge in [0.25, 0.3) is 0 Å². The highest BCUT2D eigenvalue weighted by Gasteiger charge is 2.37. The van der Waals surface area contributed by atoms with Crippen molar-refractivity contribution in [2.45, 2.75) is 70.9 Å². The first-order chi connectivity index (χ1) is 7.20. The molecule has 0 aromatic carbocycles. The summed E-state index contributed by atoms with van der Waals surface area (Å²) in [5.74, 6) is 0.800. The van der Waals surface area contributed by atoms with Gasteiger partial charge >= 0.3 is 0 Å². The van der Waals surface area contributed by atoms with E-state index in [-0.39, 0.29) is 0 Å². The Bertz CT molecular complexity index is 225. The molecule has 0 atom stereocenters. The molecule has 2 saturated carbocycles. The summed E-state index contributed by atoms with van der Waals surface area (Å²) in [7, 11) is 0. The van der Waals surface area contributed by atoms with Gasteiger partial charge in [0.05, 0.1) is 0 Å². The third kappa shape index (κ3) is 2.53. The van der Waals surface area contributed by atoms with Gasteiger partial charge in [-0.2, -0.15) is 0 Å². The van der Waals surface area contributed by atoms with Crippen LogP contribution in [0.15, 0.2) is 0 Å². The van der Waals surface area contributed by atoms with Crippen molar-refractivity contribution in [1.82, 2.24) is 4.90 Å². The molecule has 2 nitrogen and oxygen atoms in total. The van der Waals surface area contributed by atoms with E-state index in [2.05, 4.69) is 18.7 Å². The number of carbonyl (C=O) groups excluding carboxylic acids is 1. The maximum Gasteiger partial charge on any atom is 0.226 e. The van der Waals surface area contributed by atoms with Gasteiger partial charge in [0, 0.05) is 18.0 Å². The molecule has 2 rings (SSSR count). The van der Waals surface area contributed by atoms with Crippen molar-refractivity contribution < 1.29 is 4.79 Å². The standard InChI is InChI=1S/C13H23NO/c1-10(2)14(12-8-9-12)13(15)11-6-4-3-5-7-11/h10-12H,3-9H2,1-2H3. The molecule has 0 bridgehead atoms. The number of hydrogen-bond acceptors (Lipinski definition) is 1. The Hall–Kier alpha value is -0.530. The summed E-state index contributed by atoms with van der Waals surface area (Å²) in [5, 5.41) is 0. The molecule has 0 saturated heterocycles. The van der Waals surface area contributed by atoms with E-state index >= 15 is 0 Å². The lowest BCUT2D eigenvalue weighted by Gasteiger charge is -2.32. The van der Waals surface area contributed by atoms with Crippen molar-refractivity contribution in [2.24, 2.45) is 5.92 Å². The van der Waals surface area contributed by atoms with Crippen molar-refractivity contribution in [2.75, 3.05) is 0 Å². The third-order valence-electron chi connectivity index (χ3n) is 3.71. The van der Waals surface area contributed by atoms with E-state index in [1.807, 2.05) is 0 Å². The van der Waals surface area contributed by atoms with Gasteiger partial charge in [0.15, 0.2) is 0 Å². The summed E-state index contributed by atoms with van der Waals surface area (Å²) in [4.78, 5) is 14.5. The van der Waals surface area contributed by atoms with Crippen LogP contribution in [0.25, 0.3) is 0 Å². The normalized spacial score (nSPS) is 23.1. The minimum Gasteiger partial charge on any atom is -0.337 e. The van der Waals surface area contributed by atoms with Gasteiger partial charge < -0.3 is 4.90 Å². The molecule has 0 N–H and O–H groups in total. The molecule has 1 amide bonds. The van der Waals surface area contributed by atoms with E-state index in [1.165, 1.54) is 32.1 Å². The highest BCUT2D eigenvalue weighted by Crippen LogP contribution is 2.33. The highest BCUT2D eigenvalue weighted by atomic mass is 16.2. The van der Waals surface area contributed by atoms with Crippen molar-refractivity contribution >= 4 is 5.91 Å². The van der Waals surface area contributed by atoms with Crippen molar-refractivity contribution in [3.63, 3.8) is 0 Å². The van der Waals surface area contributed by atoms with Crippen LogP contribution in [-0.4, -0.2) is 22.9 Å². The molecular formula is C13H23NO. The molecule has 0 spiro atoms. The van der Waals surface area contributed by atoms with Crippen LogP contribution in [0, 0.1) is 5.92 Å². The molecule has 0 heterocycles. The maximum absolute atomic E-state index is 12.3. The minimum absolute atomic E-state index is 0.349. The summed E-state index contributed by atoms with van der Waals surface area (Å²) in [6.45, 7) is 4.30. The van der Waals surface area contributed by atoms with Crippen LogP contribution < -0.4 is 0 Å². The molecule has 15 heavy (non-hydrogen) atoms. The smallest absolute Gasteiger partial charge is 0.226 e. The monoisotopic (exact) mass is 209 g/mol. The molecule has 2 heteroatoms. The van der Waals surface area contributed by atoms with E-state index < -0.39 is 0 Å². The molecule has 2 fully saturated rings. The molecule has 2 aliphatic carbocycles. The quantitative estimate of drug-likeness (QED) is 0.699. The van der Waals surface area contributed by atoms with Crippen LogP contribution in [-0.2, 0) is 4.79 Å². The van der Waals surface area contributed by atoms with Gasteiger partial charge in [0.1, 0.15) is 0 Å². The predicted molar refractivity (Wildman–Crippen MR) is 61.6 cm³/mol. The third-order valence-corrected chi connectivity index (χ3v) is 3.71. The largest absolute Gasteiger partial charge is 0.337 e. The van der Waals surface area contributed by atoms with Crippen molar-refractivity contribution in [3.05, 3.63) is 0 Å². The van der Waals surface area contributed by atoms with Gasteiger partial charge in [-0.15, -0.1) is 0 Å². The molecule has 2 aliphatic rings. The molecular weight excluding hydrogens is 186 g/mol. The number of rotatable bonds is 3. The first-order valence-corrected chi connectivity index (χ1v) is 6.52. The van der Waals surface area contributed by atoms with Gasteiger partial charge in [-0.1, -0.05) is 19.3 Å². The lowest BCUT2D eigenvalue weighted by molar-refractivity contribution is -0.139. The molecule has 86 valence electrons. The van der Waals surface area contributed by atoms with E-state index in [0.29, 0.717) is 23.9 Å². The van der Waals surface area contributed by atoms with Crippen LogP contribution in [0.5, 0.6) is 0 Å². The Morgan fingerprint density at radius 3 is 2.13 bits per heavy atom. The Morgan fingerprint density at radius 2 is 1.67 bits per heavy atom. The predicted octanol–water partition coefficient (Wildman–Crippen LogP) is 2.97. The number of nitrogens with zero attached hydrogens (tertiary/aromatic N) is 1. The average molecular weight is 209 g/mol. The van der Waals surface area contributed by atoms with Crippen LogP contribution in [0.2, 0.25) is 0 Å². The van der Waals surface area contributed by atoms with Gasteiger partial charge in [-0.3, -0.25) is 4.79 Å². The van der Waals surface area contributed by atoms with E-state index in [4.69, 9.17) is 0 Å². The summed E-state index contributed by atoms with van der Waals surface area (Å²) in [6.07, 6.45) is 8.58. The van der Waals surface area contributed by atoms with Crippen LogP contribution in [0.1, 0.15) is 58.8 Å². The van der Waals surface area contributed by atoms with E-state index in [0.717, 1.165) is 12.8 Å². The SMILES string of the molecule is CC(C)N(C(=O)C1CCCCC1)C1CC1. The first kappa shape index (κ1) is 11.0. The summed E-state index contributed by atoms with van der Waals surface area (Å²) >= 11 is 0. The summed E-state index contributed by atoms with van der Waals surface area (Å²) in [5.41, 5.74) is 0. The second-order valence-electron chi connectivity index (χ2n) is 5.41. The molecule has 0 radical (unpaired) electrons. The Balaban J connectivity index is 1.96. The fourth-order valence-corrected chi connectivity index (χ4v) is 2.77. The van der Waals surface area contributed by atoms with Gasteiger partial charge in [0.2, 0.25) is 5.91 Å². The van der Waals surface area contributed by atoms with Crippen molar-refractivity contribution in [1.29, 1.82) is 0 Å². The Morgan fingerprint density at radius 1 is 1.07 bits per heavy atom. The minimum atomic E-state index is 0.349. The van der Waals surface area contributed by atoms with Crippen LogP contribution in [0.3, 0.4) is 0 Å². The number of hydrogen-bond donors (Lipinski definition) is 0. The van der Waals surface area contributed by atoms with Crippen LogP contribution in [0.4, 0.5) is 0 Å². The van der Waals surface area contributed by atoms with Gasteiger partial charge in [-0.05, 0) is 39.5 Å². The van der Waals surface area contributed by atoms with Gasteiger partial charge in [-0.25, -0.2) is 0 Å². The van der Waals surface area contributed by atoms with Crippen molar-refractivity contribution in [3.8, 4) is 0 Å². The van der Waals surface area contributed by atoms with Crippen LogP contribution >= 0.6 is 0 Å². The Kier molecular flexibility index (Phi) is 3.32. The average Bonchev–Trinajstić information content (AvgIpc) is 3.03. The number of carbonyl (C=O) groups is 1. The van der Waals surface area contributed by atoms with E-state index in [9.17, 15) is 4.79 Å². The molecule has 0 unspecified atom stereocenters. The zero-order valence-corrected chi connectivity index (χ0v) is 10.0.